The highest BCUT2D eigenvalue weighted by Gasteiger charge is 2.32. The van der Waals surface area contributed by atoms with Crippen molar-refractivity contribution in [2.24, 2.45) is 5.10 Å². The number of nitrogens with zero attached hydrogens (tertiary/aromatic N) is 2. The Balaban J connectivity index is 1.61. The summed E-state index contributed by atoms with van der Waals surface area (Å²) in [4.78, 5) is 25.8. The predicted octanol–water partition coefficient (Wildman–Crippen LogP) is 4.62. The number of carbonyl (C=O) groups excluding carboxylic acids is 2. The van der Waals surface area contributed by atoms with E-state index in [1.165, 1.54) is 0 Å². The van der Waals surface area contributed by atoms with Crippen molar-refractivity contribution >= 4 is 39.6 Å². The molecule has 2 amide bonds. The van der Waals surface area contributed by atoms with Gasteiger partial charge in [0.1, 0.15) is 0 Å². The second-order valence-corrected chi connectivity index (χ2v) is 6.44. The molecule has 4 nitrogen and oxygen atoms in total. The summed E-state index contributed by atoms with van der Waals surface area (Å²) >= 11 is 0. The van der Waals surface area contributed by atoms with Gasteiger partial charge in [-0.15, -0.1) is 0 Å². The lowest BCUT2D eigenvalue weighted by molar-refractivity contribution is 0.0616. The number of hydrogen-bond donors (Lipinski definition) is 0. The van der Waals surface area contributed by atoms with Gasteiger partial charge in [-0.1, -0.05) is 66.7 Å². The molecule has 4 aromatic carbocycles. The number of hydrazone groups is 1. The van der Waals surface area contributed by atoms with Gasteiger partial charge >= 0.3 is 0 Å². The molecule has 0 saturated carbocycles. The number of rotatable bonds is 2. The fraction of sp³-hybridized carbons (Fsp3) is 0. The van der Waals surface area contributed by atoms with E-state index in [1.807, 2.05) is 66.7 Å². The quantitative estimate of drug-likeness (QED) is 0.391. The Hall–Kier alpha value is -3.79. The maximum absolute atomic E-state index is 12.9. The Morgan fingerprint density at radius 1 is 0.667 bits per heavy atom. The fourth-order valence-corrected chi connectivity index (χ4v) is 3.61. The number of fused-ring (bicyclic) bond motifs is 1. The molecule has 4 aromatic rings. The van der Waals surface area contributed by atoms with Gasteiger partial charge in [-0.25, -0.2) is 0 Å². The number of carbonyl (C=O) groups is 2. The molecule has 0 radical (unpaired) electrons. The summed E-state index contributed by atoms with van der Waals surface area (Å²) in [5.41, 5.74) is 1.85. The molecule has 0 aromatic heterocycles. The monoisotopic (exact) mass is 350 g/mol. The summed E-state index contributed by atoms with van der Waals surface area (Å²) in [5.74, 6) is -0.804. The van der Waals surface area contributed by atoms with Crippen molar-refractivity contribution in [1.29, 1.82) is 0 Å². The van der Waals surface area contributed by atoms with Crippen LogP contribution in [0.5, 0.6) is 0 Å². The predicted molar refractivity (Wildman–Crippen MR) is 106 cm³/mol. The van der Waals surface area contributed by atoms with Gasteiger partial charge in [0, 0.05) is 10.9 Å². The fourth-order valence-electron chi connectivity index (χ4n) is 3.61. The average Bonchev–Trinajstić information content (AvgIpc) is 2.72. The molecule has 0 N–H and O–H groups in total. The van der Waals surface area contributed by atoms with Gasteiger partial charge in [-0.2, -0.15) is 10.1 Å². The minimum atomic E-state index is -0.402. The van der Waals surface area contributed by atoms with E-state index in [0.29, 0.717) is 16.5 Å². The summed E-state index contributed by atoms with van der Waals surface area (Å²) in [6.45, 7) is 0. The molecule has 0 atom stereocenters. The minimum absolute atomic E-state index is 0.402. The zero-order chi connectivity index (χ0) is 18.4. The lowest BCUT2D eigenvalue weighted by Crippen LogP contribution is -2.36. The highest BCUT2D eigenvalue weighted by atomic mass is 16.2. The topological polar surface area (TPSA) is 49.7 Å². The first-order valence-corrected chi connectivity index (χ1v) is 8.66. The van der Waals surface area contributed by atoms with Crippen molar-refractivity contribution in [3.05, 3.63) is 95.6 Å². The van der Waals surface area contributed by atoms with Gasteiger partial charge < -0.3 is 0 Å². The van der Waals surface area contributed by atoms with Crippen LogP contribution in [0.2, 0.25) is 0 Å². The van der Waals surface area contributed by atoms with Crippen LogP contribution < -0.4 is 0 Å². The molecule has 4 heteroatoms. The van der Waals surface area contributed by atoms with E-state index in [1.54, 1.807) is 18.3 Å². The molecule has 0 fully saturated rings. The number of hydrogen-bond acceptors (Lipinski definition) is 3. The molecule has 0 aliphatic carbocycles. The number of benzene rings is 4. The van der Waals surface area contributed by atoms with Crippen molar-refractivity contribution in [2.45, 2.75) is 0 Å². The van der Waals surface area contributed by atoms with Crippen molar-refractivity contribution in [3.8, 4) is 0 Å². The second-order valence-electron chi connectivity index (χ2n) is 6.44. The SMILES string of the molecule is O=C1c2cccc3cccc(c23)C(=O)N1/N=C\c1cccc2ccccc12. The summed E-state index contributed by atoms with van der Waals surface area (Å²) in [6.07, 6.45) is 1.58. The number of amides is 2. The molecule has 0 unspecified atom stereocenters. The van der Waals surface area contributed by atoms with Gasteiger partial charge in [0.2, 0.25) is 0 Å². The molecule has 27 heavy (non-hydrogen) atoms. The number of imide groups is 1. The zero-order valence-electron chi connectivity index (χ0n) is 14.3. The molecular formula is C23H14N2O2. The van der Waals surface area contributed by atoms with Crippen molar-refractivity contribution < 1.29 is 9.59 Å². The molecule has 1 heterocycles. The van der Waals surface area contributed by atoms with Crippen molar-refractivity contribution in [1.82, 2.24) is 5.01 Å². The summed E-state index contributed by atoms with van der Waals surface area (Å²) in [5, 5.41) is 8.89. The lowest BCUT2D eigenvalue weighted by Gasteiger charge is -2.23. The van der Waals surface area contributed by atoms with E-state index in [-0.39, 0.29) is 0 Å². The van der Waals surface area contributed by atoms with Gasteiger partial charge in [-0.05, 0) is 28.3 Å². The first-order valence-electron chi connectivity index (χ1n) is 8.66. The molecular weight excluding hydrogens is 336 g/mol. The van der Waals surface area contributed by atoms with Gasteiger partial charge in [-0.3, -0.25) is 9.59 Å². The smallest absolute Gasteiger partial charge is 0.267 e. The van der Waals surface area contributed by atoms with E-state index in [0.717, 1.165) is 26.7 Å². The van der Waals surface area contributed by atoms with E-state index in [9.17, 15) is 9.59 Å². The Morgan fingerprint density at radius 3 is 2.00 bits per heavy atom. The average molecular weight is 350 g/mol. The Kier molecular flexibility index (Phi) is 3.37. The first-order chi connectivity index (χ1) is 13.2. The maximum atomic E-state index is 12.9. The minimum Gasteiger partial charge on any atom is -0.267 e. The highest BCUT2D eigenvalue weighted by Crippen LogP contribution is 2.30. The first kappa shape index (κ1) is 15.5. The van der Waals surface area contributed by atoms with Gasteiger partial charge in [0.25, 0.3) is 11.8 Å². The third-order valence-electron chi connectivity index (χ3n) is 4.89. The second kappa shape index (κ2) is 5.88. The van der Waals surface area contributed by atoms with E-state index >= 15 is 0 Å². The van der Waals surface area contributed by atoms with Crippen LogP contribution in [0.15, 0.2) is 84.0 Å². The zero-order valence-corrected chi connectivity index (χ0v) is 14.3. The summed E-state index contributed by atoms with van der Waals surface area (Å²) in [6, 6.07) is 24.7. The Labute approximate surface area is 155 Å². The largest absolute Gasteiger partial charge is 0.282 e. The van der Waals surface area contributed by atoms with Crippen LogP contribution in [0.25, 0.3) is 21.5 Å². The summed E-state index contributed by atoms with van der Waals surface area (Å²) < 4.78 is 0. The molecule has 0 saturated heterocycles. The van der Waals surface area contributed by atoms with Crippen molar-refractivity contribution in [2.75, 3.05) is 0 Å². The Morgan fingerprint density at radius 2 is 1.26 bits per heavy atom. The van der Waals surface area contributed by atoms with Gasteiger partial charge in [0.15, 0.2) is 0 Å². The van der Waals surface area contributed by atoms with Crippen LogP contribution in [0.4, 0.5) is 0 Å². The summed E-state index contributed by atoms with van der Waals surface area (Å²) in [7, 11) is 0. The standard InChI is InChI=1S/C23H14N2O2/c26-22-19-12-4-8-16-9-5-13-20(21(16)19)23(27)25(22)24-14-17-10-3-7-15-6-1-2-11-18(15)17/h1-14H/b24-14-. The Bertz CT molecular complexity index is 1220. The molecule has 1 aliphatic rings. The molecule has 1 aliphatic heterocycles. The van der Waals surface area contributed by atoms with E-state index in [2.05, 4.69) is 5.10 Å². The molecule has 0 spiro atoms. The van der Waals surface area contributed by atoms with Crippen LogP contribution in [0.3, 0.4) is 0 Å². The van der Waals surface area contributed by atoms with E-state index < -0.39 is 11.8 Å². The molecule has 128 valence electrons. The highest BCUT2D eigenvalue weighted by molar-refractivity contribution is 6.25. The van der Waals surface area contributed by atoms with Crippen LogP contribution in [-0.2, 0) is 0 Å². The third-order valence-corrected chi connectivity index (χ3v) is 4.89. The lowest BCUT2D eigenvalue weighted by atomic mass is 9.95. The van der Waals surface area contributed by atoms with Crippen LogP contribution in [0.1, 0.15) is 26.3 Å². The molecule has 0 bridgehead atoms. The third kappa shape index (κ3) is 2.34. The maximum Gasteiger partial charge on any atom is 0.282 e. The van der Waals surface area contributed by atoms with Crippen LogP contribution >= 0.6 is 0 Å². The van der Waals surface area contributed by atoms with Crippen LogP contribution in [-0.4, -0.2) is 23.0 Å². The normalized spacial score (nSPS) is 13.9. The molecule has 5 rings (SSSR count). The van der Waals surface area contributed by atoms with Crippen LogP contribution in [0, 0.1) is 0 Å². The van der Waals surface area contributed by atoms with Gasteiger partial charge in [0.05, 0.1) is 17.3 Å². The van der Waals surface area contributed by atoms with Crippen molar-refractivity contribution in [3.63, 3.8) is 0 Å². The van der Waals surface area contributed by atoms with E-state index in [4.69, 9.17) is 0 Å².